The molecule has 2 nitrogen and oxygen atoms in total. The molecule has 1 fully saturated rings. The lowest BCUT2D eigenvalue weighted by Gasteiger charge is -2.26. The van der Waals surface area contributed by atoms with Crippen LogP contribution < -0.4 is 5.32 Å². The Morgan fingerprint density at radius 2 is 1.80 bits per heavy atom. The van der Waals surface area contributed by atoms with E-state index in [4.69, 9.17) is 4.74 Å². The molecule has 0 amide bonds. The van der Waals surface area contributed by atoms with Crippen molar-refractivity contribution in [1.29, 1.82) is 0 Å². The number of rotatable bonds is 7. The zero-order chi connectivity index (χ0) is 14.2. The van der Waals surface area contributed by atoms with E-state index >= 15 is 0 Å². The molecule has 0 aromatic heterocycles. The normalized spacial score (nSPS) is 22.9. The number of ether oxygens (including phenoxy) is 1. The molecule has 0 saturated heterocycles. The minimum absolute atomic E-state index is 0.475. The minimum atomic E-state index is 0.475. The van der Waals surface area contributed by atoms with Crippen LogP contribution in [0, 0.1) is 5.92 Å². The van der Waals surface area contributed by atoms with E-state index in [1.807, 2.05) is 0 Å². The van der Waals surface area contributed by atoms with Crippen LogP contribution >= 0.6 is 0 Å². The van der Waals surface area contributed by atoms with E-state index in [9.17, 15) is 0 Å². The van der Waals surface area contributed by atoms with Gasteiger partial charge in [0.05, 0.1) is 12.7 Å². The summed E-state index contributed by atoms with van der Waals surface area (Å²) in [6.45, 7) is 7.35. The summed E-state index contributed by atoms with van der Waals surface area (Å²) >= 11 is 0. The van der Waals surface area contributed by atoms with Gasteiger partial charge in [-0.15, -0.1) is 0 Å². The molecule has 1 N–H and O–H groups in total. The van der Waals surface area contributed by atoms with Crippen molar-refractivity contribution in [2.45, 2.75) is 65.2 Å². The third-order valence-corrected chi connectivity index (χ3v) is 4.30. The van der Waals surface area contributed by atoms with Gasteiger partial charge in [-0.3, -0.25) is 0 Å². The van der Waals surface area contributed by atoms with Crippen molar-refractivity contribution in [3.8, 4) is 0 Å². The van der Waals surface area contributed by atoms with Crippen molar-refractivity contribution in [3.05, 3.63) is 35.4 Å². The van der Waals surface area contributed by atoms with E-state index in [0.29, 0.717) is 6.10 Å². The molecule has 1 aromatic rings. The van der Waals surface area contributed by atoms with Crippen molar-refractivity contribution < 1.29 is 4.74 Å². The Balaban J connectivity index is 1.82. The monoisotopic (exact) mass is 275 g/mol. The maximum Gasteiger partial charge on any atom is 0.0723 e. The van der Waals surface area contributed by atoms with Crippen molar-refractivity contribution in [1.82, 2.24) is 5.32 Å². The molecule has 2 rings (SSSR count). The molecule has 1 aromatic carbocycles. The molecule has 0 radical (unpaired) electrons. The number of hydrogen-bond acceptors (Lipinski definition) is 2. The molecule has 0 atom stereocenters. The van der Waals surface area contributed by atoms with Gasteiger partial charge >= 0.3 is 0 Å². The smallest absolute Gasteiger partial charge is 0.0723 e. The van der Waals surface area contributed by atoms with Gasteiger partial charge in [0.15, 0.2) is 0 Å². The number of hydrogen-bond donors (Lipinski definition) is 1. The molecule has 2 heteroatoms. The van der Waals surface area contributed by atoms with Crippen LogP contribution in [-0.4, -0.2) is 12.6 Å². The number of benzene rings is 1. The third kappa shape index (κ3) is 4.92. The second-order valence-corrected chi connectivity index (χ2v) is 6.14. The maximum absolute atomic E-state index is 6.14. The van der Waals surface area contributed by atoms with Gasteiger partial charge in [-0.05, 0) is 55.7 Å². The Hall–Kier alpha value is -0.860. The molecule has 0 aliphatic heterocycles. The Kier molecular flexibility index (Phi) is 6.55. The lowest BCUT2D eigenvalue weighted by molar-refractivity contribution is 0.00845. The Morgan fingerprint density at radius 3 is 2.50 bits per heavy atom. The molecular formula is C18H29NO. The summed E-state index contributed by atoms with van der Waals surface area (Å²) in [5, 5.41) is 3.48. The van der Waals surface area contributed by atoms with E-state index in [0.717, 1.165) is 25.6 Å². The Morgan fingerprint density at radius 1 is 1.10 bits per heavy atom. The number of nitrogens with one attached hydrogen (secondary N) is 1. The highest BCUT2D eigenvalue weighted by Crippen LogP contribution is 2.26. The fourth-order valence-electron chi connectivity index (χ4n) is 2.87. The lowest BCUT2D eigenvalue weighted by atomic mass is 9.89. The van der Waals surface area contributed by atoms with Crippen molar-refractivity contribution in [3.63, 3.8) is 0 Å². The van der Waals surface area contributed by atoms with Gasteiger partial charge in [0.2, 0.25) is 0 Å². The van der Waals surface area contributed by atoms with E-state index in [2.05, 4.69) is 43.4 Å². The standard InChI is InChI=1S/C18H29NO/c1-3-12-19-13-16-6-4-5-7-17(16)14-20-18-10-8-15(2)9-11-18/h4-7,15,18-19H,3,8-14H2,1-2H3. The van der Waals surface area contributed by atoms with Crippen LogP contribution in [0.1, 0.15) is 57.1 Å². The maximum atomic E-state index is 6.14. The van der Waals surface area contributed by atoms with Crippen LogP contribution in [0.2, 0.25) is 0 Å². The molecule has 1 saturated carbocycles. The van der Waals surface area contributed by atoms with E-state index < -0.39 is 0 Å². The zero-order valence-corrected chi connectivity index (χ0v) is 13.0. The summed E-state index contributed by atoms with van der Waals surface area (Å²) in [7, 11) is 0. The molecular weight excluding hydrogens is 246 g/mol. The van der Waals surface area contributed by atoms with Gasteiger partial charge < -0.3 is 10.1 Å². The van der Waals surface area contributed by atoms with Crippen LogP contribution in [0.5, 0.6) is 0 Å². The molecule has 1 aliphatic carbocycles. The van der Waals surface area contributed by atoms with E-state index in [1.165, 1.54) is 43.2 Å². The zero-order valence-electron chi connectivity index (χ0n) is 13.0. The first-order chi connectivity index (χ1) is 9.79. The Labute approximate surface area is 123 Å². The largest absolute Gasteiger partial charge is 0.374 e. The van der Waals surface area contributed by atoms with Crippen LogP contribution in [0.3, 0.4) is 0 Å². The first-order valence-corrected chi connectivity index (χ1v) is 8.18. The van der Waals surface area contributed by atoms with Crippen molar-refractivity contribution in [2.24, 2.45) is 5.92 Å². The first kappa shape index (κ1) is 15.5. The topological polar surface area (TPSA) is 21.3 Å². The molecule has 1 aliphatic rings. The molecule has 0 unspecified atom stereocenters. The van der Waals surface area contributed by atoms with Gasteiger partial charge in [0.1, 0.15) is 0 Å². The average molecular weight is 275 g/mol. The van der Waals surface area contributed by atoms with Gasteiger partial charge in [0, 0.05) is 6.54 Å². The van der Waals surface area contributed by atoms with E-state index in [-0.39, 0.29) is 0 Å². The third-order valence-electron chi connectivity index (χ3n) is 4.30. The van der Waals surface area contributed by atoms with Crippen LogP contribution in [-0.2, 0) is 17.9 Å². The highest BCUT2D eigenvalue weighted by molar-refractivity contribution is 5.26. The first-order valence-electron chi connectivity index (χ1n) is 8.18. The molecule has 20 heavy (non-hydrogen) atoms. The quantitative estimate of drug-likeness (QED) is 0.750. The van der Waals surface area contributed by atoms with E-state index in [1.54, 1.807) is 0 Å². The fraction of sp³-hybridized carbons (Fsp3) is 0.667. The summed E-state index contributed by atoms with van der Waals surface area (Å²) in [5.41, 5.74) is 2.72. The SMILES string of the molecule is CCCNCc1ccccc1COC1CCC(C)CC1. The highest BCUT2D eigenvalue weighted by Gasteiger charge is 2.18. The molecule has 112 valence electrons. The predicted molar refractivity (Wildman–Crippen MR) is 84.6 cm³/mol. The van der Waals surface area contributed by atoms with Gasteiger partial charge in [0.25, 0.3) is 0 Å². The van der Waals surface area contributed by atoms with Crippen molar-refractivity contribution >= 4 is 0 Å². The summed E-state index contributed by atoms with van der Waals surface area (Å²) in [4.78, 5) is 0. The predicted octanol–water partition coefficient (Wildman–Crippen LogP) is 4.28. The van der Waals surface area contributed by atoms with Gasteiger partial charge in [-0.25, -0.2) is 0 Å². The van der Waals surface area contributed by atoms with Gasteiger partial charge in [-0.1, -0.05) is 38.1 Å². The lowest BCUT2D eigenvalue weighted by Crippen LogP contribution is -2.21. The molecule has 0 heterocycles. The summed E-state index contributed by atoms with van der Waals surface area (Å²) in [5.74, 6) is 0.889. The van der Waals surface area contributed by atoms with Crippen LogP contribution in [0.4, 0.5) is 0 Å². The average Bonchev–Trinajstić information content (AvgIpc) is 2.48. The van der Waals surface area contributed by atoms with Crippen molar-refractivity contribution in [2.75, 3.05) is 6.54 Å². The van der Waals surface area contributed by atoms with Crippen LogP contribution in [0.15, 0.2) is 24.3 Å². The fourth-order valence-corrected chi connectivity index (χ4v) is 2.87. The Bertz CT molecular complexity index is 383. The van der Waals surface area contributed by atoms with Gasteiger partial charge in [-0.2, -0.15) is 0 Å². The molecule has 0 bridgehead atoms. The highest BCUT2D eigenvalue weighted by atomic mass is 16.5. The second-order valence-electron chi connectivity index (χ2n) is 6.14. The minimum Gasteiger partial charge on any atom is -0.374 e. The summed E-state index contributed by atoms with van der Waals surface area (Å²) < 4.78 is 6.14. The van der Waals surface area contributed by atoms with Crippen LogP contribution in [0.25, 0.3) is 0 Å². The summed E-state index contributed by atoms with van der Waals surface area (Å²) in [6.07, 6.45) is 6.77. The second kappa shape index (κ2) is 8.43. The molecule has 0 spiro atoms. The summed E-state index contributed by atoms with van der Waals surface area (Å²) in [6, 6.07) is 8.65.